The van der Waals surface area contributed by atoms with Gasteiger partial charge in [0.15, 0.2) is 5.16 Å². The first-order valence-corrected chi connectivity index (χ1v) is 10.6. The highest BCUT2D eigenvalue weighted by molar-refractivity contribution is 7.99. The third-order valence-corrected chi connectivity index (χ3v) is 6.45. The third kappa shape index (κ3) is 3.51. The zero-order valence-corrected chi connectivity index (χ0v) is 16.4. The number of hydrogen-bond acceptors (Lipinski definition) is 5. The maximum absolute atomic E-state index is 13.5. The number of halogens is 1. The largest absolute Gasteiger partial charge is 0.342 e. The minimum atomic E-state index is -0.354. The second-order valence-corrected chi connectivity index (χ2v) is 8.34. The van der Waals surface area contributed by atoms with Gasteiger partial charge in [-0.15, -0.1) is 11.3 Å². The van der Waals surface area contributed by atoms with Gasteiger partial charge in [0, 0.05) is 13.1 Å². The molecule has 4 rings (SSSR count). The molecule has 1 aromatic carbocycles. The van der Waals surface area contributed by atoms with E-state index in [0.717, 1.165) is 25.9 Å². The molecule has 0 radical (unpaired) electrons. The molecule has 1 amide bonds. The number of benzene rings is 1. The van der Waals surface area contributed by atoms with Crippen molar-refractivity contribution in [1.29, 1.82) is 0 Å². The minimum Gasteiger partial charge on any atom is -0.342 e. The van der Waals surface area contributed by atoms with Crippen LogP contribution < -0.4 is 5.56 Å². The molecule has 0 atom stereocenters. The standard InChI is InChI=1S/C19H18FN3O2S2/c1-12-10-13(20)4-5-15(12)23-18(25)17-14(6-9-26-17)21-19(23)27-11-16(24)22-7-2-3-8-22/h4-6,9-10H,2-3,7-8,11H2,1H3. The molecule has 3 aromatic rings. The summed E-state index contributed by atoms with van der Waals surface area (Å²) in [5.41, 5.74) is 1.65. The Morgan fingerprint density at radius 3 is 2.81 bits per heavy atom. The van der Waals surface area contributed by atoms with Crippen molar-refractivity contribution in [3.63, 3.8) is 0 Å². The molecule has 0 N–H and O–H groups in total. The first kappa shape index (κ1) is 18.2. The first-order chi connectivity index (χ1) is 13.0. The number of rotatable bonds is 4. The number of aryl methyl sites for hydroxylation is 1. The Bertz CT molecular complexity index is 1070. The van der Waals surface area contributed by atoms with Gasteiger partial charge in [-0.2, -0.15) is 0 Å². The lowest BCUT2D eigenvalue weighted by Gasteiger charge is -2.17. The molecule has 0 unspecified atom stereocenters. The van der Waals surface area contributed by atoms with Gasteiger partial charge in [0.25, 0.3) is 5.56 Å². The van der Waals surface area contributed by atoms with Gasteiger partial charge in [0.05, 0.1) is 17.0 Å². The van der Waals surface area contributed by atoms with E-state index in [-0.39, 0.29) is 23.0 Å². The van der Waals surface area contributed by atoms with Crippen LogP contribution in [0.2, 0.25) is 0 Å². The van der Waals surface area contributed by atoms with E-state index in [9.17, 15) is 14.0 Å². The number of hydrogen-bond donors (Lipinski definition) is 0. The van der Waals surface area contributed by atoms with Crippen molar-refractivity contribution in [2.24, 2.45) is 0 Å². The Hall–Kier alpha value is -2.19. The second-order valence-electron chi connectivity index (χ2n) is 6.48. The smallest absolute Gasteiger partial charge is 0.276 e. The molecule has 0 aliphatic carbocycles. The molecule has 1 aliphatic heterocycles. The normalized spacial score (nSPS) is 14.2. The van der Waals surface area contributed by atoms with E-state index in [1.165, 1.54) is 39.8 Å². The lowest BCUT2D eigenvalue weighted by Crippen LogP contribution is -2.29. The van der Waals surface area contributed by atoms with Gasteiger partial charge in [0.1, 0.15) is 10.5 Å². The van der Waals surface area contributed by atoms with Crippen LogP contribution in [0, 0.1) is 12.7 Å². The van der Waals surface area contributed by atoms with Crippen LogP contribution in [-0.2, 0) is 4.79 Å². The SMILES string of the molecule is Cc1cc(F)ccc1-n1c(SCC(=O)N2CCCC2)nc2ccsc2c1=O. The number of amides is 1. The van der Waals surface area contributed by atoms with Crippen LogP contribution in [0.3, 0.4) is 0 Å². The quantitative estimate of drug-likeness (QED) is 0.493. The van der Waals surface area contributed by atoms with Gasteiger partial charge >= 0.3 is 0 Å². The van der Waals surface area contributed by atoms with Crippen LogP contribution in [0.1, 0.15) is 18.4 Å². The van der Waals surface area contributed by atoms with Gasteiger partial charge in [-0.3, -0.25) is 14.2 Å². The predicted octanol–water partition coefficient (Wildman–Crippen LogP) is 3.61. The molecule has 5 nitrogen and oxygen atoms in total. The van der Waals surface area contributed by atoms with E-state index in [0.29, 0.717) is 26.6 Å². The molecule has 140 valence electrons. The van der Waals surface area contributed by atoms with Crippen LogP contribution >= 0.6 is 23.1 Å². The Morgan fingerprint density at radius 1 is 1.30 bits per heavy atom. The summed E-state index contributed by atoms with van der Waals surface area (Å²) in [6.45, 7) is 3.34. The highest BCUT2D eigenvalue weighted by atomic mass is 32.2. The molecule has 0 bridgehead atoms. The van der Waals surface area contributed by atoms with Gasteiger partial charge in [0.2, 0.25) is 5.91 Å². The fourth-order valence-corrected chi connectivity index (χ4v) is 4.92. The fraction of sp³-hybridized carbons (Fsp3) is 0.316. The molecular formula is C19H18FN3O2S2. The number of nitrogens with zero attached hydrogens (tertiary/aromatic N) is 3. The summed E-state index contributed by atoms with van der Waals surface area (Å²) in [5, 5.41) is 2.28. The van der Waals surface area contributed by atoms with Crippen LogP contribution in [0.15, 0.2) is 39.6 Å². The molecular weight excluding hydrogens is 385 g/mol. The van der Waals surface area contributed by atoms with Gasteiger partial charge in [-0.25, -0.2) is 9.37 Å². The minimum absolute atomic E-state index is 0.0551. The van der Waals surface area contributed by atoms with E-state index < -0.39 is 0 Å². The van der Waals surface area contributed by atoms with Crippen LogP contribution in [0.5, 0.6) is 0 Å². The fourth-order valence-electron chi connectivity index (χ4n) is 3.26. The van der Waals surface area contributed by atoms with Crippen LogP contribution in [0.25, 0.3) is 15.9 Å². The Balaban J connectivity index is 1.76. The predicted molar refractivity (Wildman–Crippen MR) is 106 cm³/mol. The van der Waals surface area contributed by atoms with Crippen molar-refractivity contribution in [2.75, 3.05) is 18.8 Å². The molecule has 1 aliphatic rings. The Labute approximate surface area is 163 Å². The average molecular weight is 404 g/mol. The molecule has 8 heteroatoms. The van der Waals surface area contributed by atoms with Crippen molar-refractivity contribution < 1.29 is 9.18 Å². The Kier molecular flexibility index (Phi) is 5.01. The Morgan fingerprint density at radius 2 is 2.07 bits per heavy atom. The second kappa shape index (κ2) is 7.44. The molecule has 1 saturated heterocycles. The molecule has 2 aromatic heterocycles. The van der Waals surface area contributed by atoms with Crippen molar-refractivity contribution in [3.05, 3.63) is 51.4 Å². The van der Waals surface area contributed by atoms with Crippen molar-refractivity contribution in [3.8, 4) is 5.69 Å². The van der Waals surface area contributed by atoms with E-state index in [1.54, 1.807) is 19.1 Å². The molecule has 0 saturated carbocycles. The monoisotopic (exact) mass is 403 g/mol. The number of thioether (sulfide) groups is 1. The molecule has 0 spiro atoms. The van der Waals surface area contributed by atoms with Gasteiger partial charge in [-0.1, -0.05) is 11.8 Å². The molecule has 27 heavy (non-hydrogen) atoms. The maximum atomic E-state index is 13.5. The van der Waals surface area contributed by atoms with Crippen LogP contribution in [-0.4, -0.2) is 39.2 Å². The number of carbonyl (C=O) groups excluding carboxylic acids is 1. The zero-order chi connectivity index (χ0) is 19.0. The van der Waals surface area contributed by atoms with Crippen molar-refractivity contribution in [1.82, 2.24) is 14.5 Å². The van der Waals surface area contributed by atoms with Crippen molar-refractivity contribution in [2.45, 2.75) is 24.9 Å². The van der Waals surface area contributed by atoms with Crippen LogP contribution in [0.4, 0.5) is 4.39 Å². The molecule has 3 heterocycles. The first-order valence-electron chi connectivity index (χ1n) is 8.72. The maximum Gasteiger partial charge on any atom is 0.276 e. The summed E-state index contributed by atoms with van der Waals surface area (Å²) >= 11 is 2.58. The highest BCUT2D eigenvalue weighted by Crippen LogP contribution is 2.26. The summed E-state index contributed by atoms with van der Waals surface area (Å²) in [4.78, 5) is 32.0. The number of fused-ring (bicyclic) bond motifs is 1. The van der Waals surface area contributed by atoms with Crippen molar-refractivity contribution >= 4 is 39.2 Å². The average Bonchev–Trinajstić information content (AvgIpc) is 3.32. The number of aromatic nitrogens is 2. The lowest BCUT2D eigenvalue weighted by atomic mass is 10.2. The number of likely N-dealkylation sites (tertiary alicyclic amines) is 1. The zero-order valence-electron chi connectivity index (χ0n) is 14.8. The topological polar surface area (TPSA) is 55.2 Å². The summed E-state index contributed by atoms with van der Waals surface area (Å²) < 4.78 is 15.6. The highest BCUT2D eigenvalue weighted by Gasteiger charge is 2.21. The summed E-state index contributed by atoms with van der Waals surface area (Å²) in [6.07, 6.45) is 2.07. The summed E-state index contributed by atoms with van der Waals surface area (Å²) in [6, 6.07) is 6.11. The van der Waals surface area contributed by atoms with E-state index in [1.807, 2.05) is 10.3 Å². The van der Waals surface area contributed by atoms with E-state index in [2.05, 4.69) is 4.98 Å². The number of carbonyl (C=O) groups is 1. The molecule has 1 fully saturated rings. The van der Waals surface area contributed by atoms with Gasteiger partial charge < -0.3 is 4.90 Å². The number of thiophene rings is 1. The van der Waals surface area contributed by atoms with Gasteiger partial charge in [-0.05, 0) is 55.0 Å². The van der Waals surface area contributed by atoms with E-state index in [4.69, 9.17) is 0 Å². The lowest BCUT2D eigenvalue weighted by molar-refractivity contribution is -0.127. The summed E-state index contributed by atoms with van der Waals surface area (Å²) in [7, 11) is 0. The summed E-state index contributed by atoms with van der Waals surface area (Å²) in [5.74, 6) is -0.0742. The third-order valence-electron chi connectivity index (χ3n) is 4.63. The van der Waals surface area contributed by atoms with E-state index >= 15 is 0 Å².